The summed E-state index contributed by atoms with van der Waals surface area (Å²) in [6.45, 7) is 7.62. The van der Waals surface area contributed by atoms with Gasteiger partial charge in [0.2, 0.25) is 0 Å². The summed E-state index contributed by atoms with van der Waals surface area (Å²) in [5, 5.41) is 9.43. The van der Waals surface area contributed by atoms with Crippen molar-refractivity contribution in [1.29, 1.82) is 0 Å². The Kier molecular flexibility index (Phi) is 12.2. The molecule has 3 heteroatoms. The Morgan fingerprint density at radius 2 is 1.48 bits per heavy atom. The Morgan fingerprint density at radius 1 is 0.848 bits per heavy atom. The second-order valence-corrected chi connectivity index (χ2v) is 9.53. The summed E-state index contributed by atoms with van der Waals surface area (Å²) in [7, 11) is 0. The number of hydrogen-bond acceptors (Lipinski definition) is 2. The third-order valence-electron chi connectivity index (χ3n) is 6.79. The summed E-state index contributed by atoms with van der Waals surface area (Å²) < 4.78 is 6.32. The largest absolute Gasteiger partial charge is 0.478 e. The van der Waals surface area contributed by atoms with Crippen LogP contribution in [0.15, 0.2) is 48.5 Å². The van der Waals surface area contributed by atoms with Crippen molar-refractivity contribution in [3.05, 3.63) is 59.7 Å². The predicted molar refractivity (Wildman–Crippen MR) is 139 cm³/mol. The summed E-state index contributed by atoms with van der Waals surface area (Å²) in [5.41, 5.74) is 3.31. The van der Waals surface area contributed by atoms with Gasteiger partial charge >= 0.3 is 5.97 Å². The van der Waals surface area contributed by atoms with Gasteiger partial charge in [-0.05, 0) is 61.8 Å². The second-order valence-electron chi connectivity index (χ2n) is 9.53. The zero-order valence-corrected chi connectivity index (χ0v) is 21.1. The Morgan fingerprint density at radius 3 is 2.12 bits per heavy atom. The van der Waals surface area contributed by atoms with Gasteiger partial charge in [-0.3, -0.25) is 0 Å². The Balaban J connectivity index is 1.73. The maximum absolute atomic E-state index is 11.5. The molecule has 0 saturated carbocycles. The highest BCUT2D eigenvalue weighted by Gasteiger charge is 2.22. The van der Waals surface area contributed by atoms with Gasteiger partial charge in [-0.2, -0.15) is 0 Å². The van der Waals surface area contributed by atoms with Crippen LogP contribution in [0.2, 0.25) is 0 Å². The number of aromatic carboxylic acids is 1. The predicted octanol–water partition coefficient (Wildman–Crippen LogP) is 8.70. The van der Waals surface area contributed by atoms with Crippen molar-refractivity contribution in [2.24, 2.45) is 0 Å². The molecule has 0 bridgehead atoms. The van der Waals surface area contributed by atoms with Crippen LogP contribution in [0.3, 0.4) is 0 Å². The molecular weight excluding hydrogens is 408 g/mol. The monoisotopic (exact) mass is 452 g/mol. The zero-order chi connectivity index (χ0) is 23.9. The van der Waals surface area contributed by atoms with Crippen LogP contribution in [-0.4, -0.2) is 23.3 Å². The minimum absolute atomic E-state index is 0.0402. The van der Waals surface area contributed by atoms with Gasteiger partial charge in [-0.1, -0.05) is 101 Å². The number of benzene rings is 2. The van der Waals surface area contributed by atoms with E-state index in [0.717, 1.165) is 43.4 Å². The van der Waals surface area contributed by atoms with Gasteiger partial charge in [0.1, 0.15) is 0 Å². The minimum atomic E-state index is -0.888. The van der Waals surface area contributed by atoms with Gasteiger partial charge in [0.25, 0.3) is 0 Å². The van der Waals surface area contributed by atoms with E-state index in [1.165, 1.54) is 56.9 Å². The van der Waals surface area contributed by atoms with Crippen molar-refractivity contribution in [2.75, 3.05) is 6.61 Å². The molecule has 1 N–H and O–H groups in total. The van der Waals surface area contributed by atoms with Gasteiger partial charge in [0.05, 0.1) is 11.2 Å². The van der Waals surface area contributed by atoms with Crippen LogP contribution < -0.4 is 0 Å². The van der Waals surface area contributed by atoms with Gasteiger partial charge in [0.15, 0.2) is 0 Å². The molecule has 0 aromatic heterocycles. The van der Waals surface area contributed by atoms with Gasteiger partial charge in [-0.15, -0.1) is 0 Å². The van der Waals surface area contributed by atoms with E-state index in [2.05, 4.69) is 32.9 Å². The van der Waals surface area contributed by atoms with Crippen LogP contribution in [0.25, 0.3) is 11.1 Å². The second kappa shape index (κ2) is 14.9. The lowest BCUT2D eigenvalue weighted by atomic mass is 9.93. The molecule has 1 atom stereocenters. The lowest BCUT2D eigenvalue weighted by molar-refractivity contribution is -0.0430. The fourth-order valence-corrected chi connectivity index (χ4v) is 4.34. The zero-order valence-electron chi connectivity index (χ0n) is 21.1. The molecular formula is C30H44O3. The van der Waals surface area contributed by atoms with Crippen LogP contribution in [0, 0.1) is 0 Å². The van der Waals surface area contributed by atoms with Crippen LogP contribution in [0.1, 0.15) is 107 Å². The van der Waals surface area contributed by atoms with Crippen molar-refractivity contribution in [2.45, 2.75) is 103 Å². The van der Waals surface area contributed by atoms with Crippen molar-refractivity contribution >= 4 is 5.97 Å². The SMILES string of the molecule is CCCCCCCCCCO[C@@](C)(CC)CCCc1ccc(-c2ccccc2C(=O)O)cc1. The Bertz CT molecular complexity index is 812. The first-order chi connectivity index (χ1) is 16.0. The van der Waals surface area contributed by atoms with E-state index in [1.54, 1.807) is 12.1 Å². The Hall–Kier alpha value is -2.13. The first-order valence-corrected chi connectivity index (χ1v) is 13.0. The highest BCUT2D eigenvalue weighted by atomic mass is 16.5. The molecule has 0 aliphatic rings. The maximum Gasteiger partial charge on any atom is 0.336 e. The van der Waals surface area contributed by atoms with Crippen molar-refractivity contribution in [3.63, 3.8) is 0 Å². The first kappa shape index (κ1) is 27.1. The van der Waals surface area contributed by atoms with Crippen molar-refractivity contribution in [3.8, 4) is 11.1 Å². The molecule has 2 rings (SSSR count). The normalized spacial score (nSPS) is 13.1. The number of aryl methyl sites for hydroxylation is 1. The van der Waals surface area contributed by atoms with Crippen LogP contribution in [0.5, 0.6) is 0 Å². The Labute approximate surface area is 201 Å². The molecule has 0 aliphatic carbocycles. The molecule has 0 unspecified atom stereocenters. The summed E-state index contributed by atoms with van der Waals surface area (Å²) in [5.74, 6) is -0.888. The van der Waals surface area contributed by atoms with E-state index >= 15 is 0 Å². The van der Waals surface area contributed by atoms with E-state index in [0.29, 0.717) is 5.56 Å². The molecule has 0 saturated heterocycles. The third-order valence-corrected chi connectivity index (χ3v) is 6.79. The molecule has 182 valence electrons. The maximum atomic E-state index is 11.5. The number of carboxylic acid groups (broad SMARTS) is 1. The van der Waals surface area contributed by atoms with E-state index < -0.39 is 5.97 Å². The fourth-order valence-electron chi connectivity index (χ4n) is 4.34. The highest BCUT2D eigenvalue weighted by Crippen LogP contribution is 2.26. The summed E-state index contributed by atoms with van der Waals surface area (Å²) in [6, 6.07) is 15.5. The first-order valence-electron chi connectivity index (χ1n) is 13.0. The lowest BCUT2D eigenvalue weighted by Gasteiger charge is -2.29. The van der Waals surface area contributed by atoms with Crippen LogP contribution in [-0.2, 0) is 11.2 Å². The van der Waals surface area contributed by atoms with Gasteiger partial charge in [-0.25, -0.2) is 4.79 Å². The van der Waals surface area contributed by atoms with E-state index in [9.17, 15) is 9.90 Å². The van der Waals surface area contributed by atoms with E-state index in [-0.39, 0.29) is 5.60 Å². The smallest absolute Gasteiger partial charge is 0.336 e. The topological polar surface area (TPSA) is 46.5 Å². The quantitative estimate of drug-likeness (QED) is 0.244. The fraction of sp³-hybridized carbons (Fsp3) is 0.567. The van der Waals surface area contributed by atoms with E-state index in [1.807, 2.05) is 24.3 Å². The molecule has 3 nitrogen and oxygen atoms in total. The van der Waals surface area contributed by atoms with Crippen molar-refractivity contribution in [1.82, 2.24) is 0 Å². The average molecular weight is 453 g/mol. The standard InChI is InChI=1S/C30H44O3/c1-4-6-7-8-9-10-11-14-24-33-30(3,5-2)23-15-16-25-19-21-26(22-20-25)27-17-12-13-18-28(27)29(31)32/h12-13,17-22H,4-11,14-16,23-24H2,1-3H3,(H,31,32)/t30-/m0/s1. The molecule has 0 fully saturated rings. The lowest BCUT2D eigenvalue weighted by Crippen LogP contribution is -2.28. The number of carboxylic acids is 1. The summed E-state index contributed by atoms with van der Waals surface area (Å²) in [6.07, 6.45) is 14.8. The van der Waals surface area contributed by atoms with E-state index in [4.69, 9.17) is 4.74 Å². The number of rotatable bonds is 17. The summed E-state index contributed by atoms with van der Waals surface area (Å²) in [4.78, 5) is 11.5. The third kappa shape index (κ3) is 9.71. The van der Waals surface area contributed by atoms with Crippen LogP contribution >= 0.6 is 0 Å². The minimum Gasteiger partial charge on any atom is -0.478 e. The molecule has 0 amide bonds. The highest BCUT2D eigenvalue weighted by molar-refractivity contribution is 5.95. The number of unbranched alkanes of at least 4 members (excludes halogenated alkanes) is 7. The molecule has 0 radical (unpaired) electrons. The molecule has 0 aliphatic heterocycles. The van der Waals surface area contributed by atoms with Gasteiger partial charge in [0, 0.05) is 6.61 Å². The van der Waals surface area contributed by atoms with Crippen LogP contribution in [0.4, 0.5) is 0 Å². The summed E-state index contributed by atoms with van der Waals surface area (Å²) >= 11 is 0. The molecule has 2 aromatic carbocycles. The number of ether oxygens (including phenoxy) is 1. The van der Waals surface area contributed by atoms with Crippen molar-refractivity contribution < 1.29 is 14.6 Å². The molecule has 33 heavy (non-hydrogen) atoms. The number of hydrogen-bond donors (Lipinski definition) is 1. The molecule has 0 heterocycles. The number of carbonyl (C=O) groups is 1. The average Bonchev–Trinajstić information content (AvgIpc) is 2.83. The van der Waals surface area contributed by atoms with Gasteiger partial charge < -0.3 is 9.84 Å². The molecule has 2 aromatic rings. The molecule has 0 spiro atoms.